The topological polar surface area (TPSA) is 126 Å². The van der Waals surface area contributed by atoms with Crippen LogP contribution in [0.2, 0.25) is 0 Å². The van der Waals surface area contributed by atoms with Crippen LogP contribution in [-0.4, -0.2) is 34.3 Å². The van der Waals surface area contributed by atoms with Crippen LogP contribution in [0.25, 0.3) is 10.8 Å². The van der Waals surface area contributed by atoms with Crippen molar-refractivity contribution in [3.05, 3.63) is 85.1 Å². The van der Waals surface area contributed by atoms with Crippen molar-refractivity contribution >= 4 is 53.9 Å². The van der Waals surface area contributed by atoms with Gasteiger partial charge in [0.1, 0.15) is 5.82 Å². The zero-order valence-corrected chi connectivity index (χ0v) is 20.6. The minimum atomic E-state index is -3.82. The maximum Gasteiger partial charge on any atom is 0.265 e. The number of carbonyl (C=O) groups is 1. The summed E-state index contributed by atoms with van der Waals surface area (Å²) in [5, 5.41) is 4.28. The Morgan fingerprint density at radius 3 is 2.39 bits per heavy atom. The van der Waals surface area contributed by atoms with Gasteiger partial charge in [0, 0.05) is 30.2 Å². The number of nitrogens with zero attached hydrogens (tertiary/aromatic N) is 2. The standard InChI is InChI=1S/C25H22N4O5S2/c30-24(27-19-12-14-20(15-13-19)35(31,32)28-23-10-1-2-16-26-23)11-5-17-29-21-8-3-6-18-7-4-9-22(25(18)21)36(29,33)34/h1-4,6-10,12-16H,5,11,17H2,(H,26,28)(H,27,30). The minimum Gasteiger partial charge on any atom is -0.326 e. The molecule has 11 heteroatoms. The van der Waals surface area contributed by atoms with E-state index in [-0.39, 0.29) is 34.5 Å². The molecule has 2 heterocycles. The fraction of sp³-hybridized carbons (Fsp3) is 0.120. The number of carbonyl (C=O) groups excluding carboxylic acids is 1. The molecule has 9 nitrogen and oxygen atoms in total. The maximum atomic E-state index is 13.0. The van der Waals surface area contributed by atoms with E-state index in [2.05, 4.69) is 15.0 Å². The molecule has 0 saturated heterocycles. The van der Waals surface area contributed by atoms with E-state index in [1.807, 2.05) is 18.2 Å². The van der Waals surface area contributed by atoms with Crippen LogP contribution in [0.4, 0.5) is 17.2 Å². The Morgan fingerprint density at radius 1 is 0.917 bits per heavy atom. The number of nitrogens with one attached hydrogen (secondary N) is 2. The second-order valence-electron chi connectivity index (χ2n) is 8.21. The molecule has 1 aromatic heterocycles. The van der Waals surface area contributed by atoms with Crippen molar-refractivity contribution in [2.75, 3.05) is 20.9 Å². The number of pyridine rings is 1. The molecule has 1 amide bonds. The van der Waals surface area contributed by atoms with Gasteiger partial charge in [0.15, 0.2) is 0 Å². The summed E-state index contributed by atoms with van der Waals surface area (Å²) in [5.41, 5.74) is 1.06. The molecule has 0 radical (unpaired) electrons. The van der Waals surface area contributed by atoms with E-state index in [0.717, 1.165) is 5.39 Å². The van der Waals surface area contributed by atoms with Crippen molar-refractivity contribution in [1.82, 2.24) is 4.98 Å². The summed E-state index contributed by atoms with van der Waals surface area (Å²) in [5.74, 6) is -0.0984. The predicted molar refractivity (Wildman–Crippen MR) is 138 cm³/mol. The number of rotatable bonds is 8. The summed E-state index contributed by atoms with van der Waals surface area (Å²) in [7, 11) is -7.48. The molecule has 5 rings (SSSR count). The monoisotopic (exact) mass is 522 g/mol. The summed E-state index contributed by atoms with van der Waals surface area (Å²) in [6.07, 6.45) is 1.89. The summed E-state index contributed by atoms with van der Waals surface area (Å²) in [6, 6.07) is 21.3. The normalized spacial score (nSPS) is 14.1. The highest BCUT2D eigenvalue weighted by Gasteiger charge is 2.35. The highest BCUT2D eigenvalue weighted by atomic mass is 32.2. The zero-order chi connectivity index (χ0) is 25.3. The highest BCUT2D eigenvalue weighted by Crippen LogP contribution is 2.42. The Balaban J connectivity index is 1.19. The first-order chi connectivity index (χ1) is 17.3. The Morgan fingerprint density at radius 2 is 1.67 bits per heavy atom. The van der Waals surface area contributed by atoms with Crippen LogP contribution in [0.15, 0.2) is 94.9 Å². The fourth-order valence-electron chi connectivity index (χ4n) is 4.14. The molecule has 184 valence electrons. The van der Waals surface area contributed by atoms with Crippen molar-refractivity contribution in [3.63, 3.8) is 0 Å². The smallest absolute Gasteiger partial charge is 0.265 e. The van der Waals surface area contributed by atoms with E-state index in [1.54, 1.807) is 36.4 Å². The molecular formula is C25H22N4O5S2. The Hall–Kier alpha value is -3.96. The zero-order valence-electron chi connectivity index (χ0n) is 19.0. The lowest BCUT2D eigenvalue weighted by molar-refractivity contribution is -0.116. The lowest BCUT2D eigenvalue weighted by atomic mass is 10.1. The SMILES string of the molecule is O=C(CCCN1c2cccc3cccc(c23)S1(=O)=O)Nc1ccc(S(=O)(=O)Nc2ccccn2)cc1. The molecule has 2 N–H and O–H groups in total. The van der Waals surface area contributed by atoms with Crippen molar-refractivity contribution in [2.24, 2.45) is 0 Å². The van der Waals surface area contributed by atoms with Crippen molar-refractivity contribution < 1.29 is 21.6 Å². The number of hydrogen-bond acceptors (Lipinski definition) is 6. The molecule has 0 fully saturated rings. The third-order valence-corrected chi connectivity index (χ3v) is 9.02. The molecule has 3 aromatic carbocycles. The first kappa shape index (κ1) is 23.8. The molecule has 36 heavy (non-hydrogen) atoms. The largest absolute Gasteiger partial charge is 0.326 e. The van der Waals surface area contributed by atoms with E-state index in [9.17, 15) is 21.6 Å². The van der Waals surface area contributed by atoms with Gasteiger partial charge >= 0.3 is 0 Å². The molecule has 0 unspecified atom stereocenters. The Bertz CT molecular complexity index is 1650. The van der Waals surface area contributed by atoms with Gasteiger partial charge in [-0.15, -0.1) is 0 Å². The first-order valence-corrected chi connectivity index (χ1v) is 14.1. The average Bonchev–Trinajstić information content (AvgIpc) is 3.08. The van der Waals surface area contributed by atoms with Crippen LogP contribution in [0, 0.1) is 0 Å². The maximum absolute atomic E-state index is 13.0. The molecule has 0 saturated carbocycles. The van der Waals surface area contributed by atoms with Gasteiger partial charge < -0.3 is 5.32 Å². The van der Waals surface area contributed by atoms with E-state index in [0.29, 0.717) is 23.2 Å². The number of benzene rings is 3. The summed E-state index contributed by atoms with van der Waals surface area (Å²) >= 11 is 0. The molecular weight excluding hydrogens is 500 g/mol. The molecule has 0 atom stereocenters. The molecule has 1 aliphatic heterocycles. The van der Waals surface area contributed by atoms with Crippen LogP contribution in [0.5, 0.6) is 0 Å². The van der Waals surface area contributed by atoms with Gasteiger partial charge in [-0.3, -0.25) is 13.8 Å². The molecule has 0 bridgehead atoms. The van der Waals surface area contributed by atoms with Crippen LogP contribution in [0.1, 0.15) is 12.8 Å². The summed E-state index contributed by atoms with van der Waals surface area (Å²) < 4.78 is 54.8. The quantitative estimate of drug-likeness (QED) is 0.361. The number of sulfonamides is 2. The van der Waals surface area contributed by atoms with Gasteiger partial charge in [0.05, 0.1) is 15.5 Å². The van der Waals surface area contributed by atoms with Gasteiger partial charge in [-0.1, -0.05) is 30.3 Å². The first-order valence-electron chi connectivity index (χ1n) is 11.1. The lowest BCUT2D eigenvalue weighted by Crippen LogP contribution is -2.28. The molecule has 1 aliphatic rings. The van der Waals surface area contributed by atoms with Gasteiger partial charge in [0.2, 0.25) is 5.91 Å². The second-order valence-corrected chi connectivity index (χ2v) is 11.7. The predicted octanol–water partition coefficient (Wildman–Crippen LogP) is 3.96. The van der Waals surface area contributed by atoms with Crippen molar-refractivity contribution in [3.8, 4) is 0 Å². The van der Waals surface area contributed by atoms with E-state index < -0.39 is 20.0 Å². The highest BCUT2D eigenvalue weighted by molar-refractivity contribution is 7.93. The number of aromatic nitrogens is 1. The molecule has 0 spiro atoms. The minimum absolute atomic E-state index is 0.0270. The number of hydrogen-bond donors (Lipinski definition) is 2. The van der Waals surface area contributed by atoms with Crippen LogP contribution < -0.4 is 14.3 Å². The van der Waals surface area contributed by atoms with E-state index in [4.69, 9.17) is 0 Å². The van der Waals surface area contributed by atoms with Gasteiger partial charge in [0.25, 0.3) is 20.0 Å². The number of amides is 1. The van der Waals surface area contributed by atoms with Gasteiger partial charge in [-0.25, -0.2) is 21.8 Å². The van der Waals surface area contributed by atoms with E-state index >= 15 is 0 Å². The summed E-state index contributed by atoms with van der Waals surface area (Å²) in [6.45, 7) is 0.167. The van der Waals surface area contributed by atoms with Crippen molar-refractivity contribution in [2.45, 2.75) is 22.6 Å². The van der Waals surface area contributed by atoms with Crippen LogP contribution in [-0.2, 0) is 24.8 Å². The van der Waals surface area contributed by atoms with Crippen molar-refractivity contribution in [1.29, 1.82) is 0 Å². The Labute approximate surface area is 208 Å². The van der Waals surface area contributed by atoms with E-state index in [1.165, 1.54) is 34.8 Å². The number of anilines is 3. The second kappa shape index (κ2) is 9.25. The van der Waals surface area contributed by atoms with Crippen LogP contribution >= 0.6 is 0 Å². The lowest BCUT2D eigenvalue weighted by Gasteiger charge is -2.18. The van der Waals surface area contributed by atoms with Crippen LogP contribution in [0.3, 0.4) is 0 Å². The average molecular weight is 523 g/mol. The van der Waals surface area contributed by atoms with Gasteiger partial charge in [-0.05, 0) is 60.3 Å². The molecule has 0 aliphatic carbocycles. The summed E-state index contributed by atoms with van der Waals surface area (Å²) in [4.78, 5) is 16.7. The van der Waals surface area contributed by atoms with Gasteiger partial charge in [-0.2, -0.15) is 0 Å². The Kier molecular flexibility index (Phi) is 6.10. The molecule has 4 aromatic rings. The fourth-order valence-corrected chi connectivity index (χ4v) is 6.90. The third-order valence-electron chi connectivity index (χ3n) is 5.80. The third kappa shape index (κ3) is 4.50.